The smallest absolute Gasteiger partial charge is 0.370 e. The highest BCUT2D eigenvalue weighted by atomic mass is 19.4. The Bertz CT molecular complexity index is 666. The number of hydrogen-bond acceptors (Lipinski definition) is 2. The number of rotatable bonds is 2. The summed E-state index contributed by atoms with van der Waals surface area (Å²) in [4.78, 5) is 16.8. The summed E-state index contributed by atoms with van der Waals surface area (Å²) in [6, 6.07) is 8.28. The van der Waals surface area contributed by atoms with Crippen molar-refractivity contribution >= 4 is 5.91 Å². The predicted octanol–water partition coefficient (Wildman–Crippen LogP) is 3.25. The number of hydrogen-bond donors (Lipinski definition) is 1. The number of alkyl halides is 3. The summed E-state index contributed by atoms with van der Waals surface area (Å²) < 4.78 is 43.4. The van der Waals surface area contributed by atoms with E-state index in [1.165, 1.54) is 12.1 Å². The minimum Gasteiger partial charge on any atom is -0.370 e. The van der Waals surface area contributed by atoms with Gasteiger partial charge in [0.05, 0.1) is 18.7 Å². The van der Waals surface area contributed by atoms with E-state index in [0.29, 0.717) is 31.0 Å². The first-order valence-corrected chi connectivity index (χ1v) is 7.16. The minimum absolute atomic E-state index is 0.143. The van der Waals surface area contributed by atoms with Crippen molar-refractivity contribution in [2.24, 2.45) is 0 Å². The van der Waals surface area contributed by atoms with E-state index in [0.717, 1.165) is 12.1 Å². The monoisotopic (exact) mass is 324 g/mol. The number of aromatic nitrogens is 1. The van der Waals surface area contributed by atoms with Gasteiger partial charge in [0, 0.05) is 12.7 Å². The number of nitrogens with zero attached hydrogens (tertiary/aromatic N) is 1. The lowest BCUT2D eigenvalue weighted by molar-refractivity contribution is -0.137. The largest absolute Gasteiger partial charge is 0.416 e. The SMILES string of the molecule is O=C(c1ccc[nH]1)N1CCOC(c2ccc(C(F)(F)F)cc2)C1. The van der Waals surface area contributed by atoms with Crippen LogP contribution in [0.25, 0.3) is 0 Å². The van der Waals surface area contributed by atoms with Crippen LogP contribution in [0.3, 0.4) is 0 Å². The van der Waals surface area contributed by atoms with Crippen LogP contribution in [0, 0.1) is 0 Å². The highest BCUT2D eigenvalue weighted by Crippen LogP contribution is 2.31. The van der Waals surface area contributed by atoms with Crippen LogP contribution < -0.4 is 0 Å². The van der Waals surface area contributed by atoms with E-state index >= 15 is 0 Å². The quantitative estimate of drug-likeness (QED) is 0.922. The lowest BCUT2D eigenvalue weighted by Gasteiger charge is -2.33. The van der Waals surface area contributed by atoms with Crippen LogP contribution >= 0.6 is 0 Å². The molecule has 0 bridgehead atoms. The first-order chi connectivity index (χ1) is 10.9. The zero-order valence-electron chi connectivity index (χ0n) is 12.1. The van der Waals surface area contributed by atoms with Crippen LogP contribution in [0.15, 0.2) is 42.6 Å². The Hall–Kier alpha value is -2.28. The molecular formula is C16H15F3N2O2. The number of amides is 1. The summed E-state index contributed by atoms with van der Waals surface area (Å²) in [5.74, 6) is -0.143. The standard InChI is InChI=1S/C16H15F3N2O2/c17-16(18,19)12-5-3-11(4-6-12)14-10-21(8-9-23-14)15(22)13-2-1-7-20-13/h1-7,14,20H,8-10H2. The molecule has 23 heavy (non-hydrogen) atoms. The van der Waals surface area contributed by atoms with Crippen molar-refractivity contribution < 1.29 is 22.7 Å². The lowest BCUT2D eigenvalue weighted by atomic mass is 10.0. The number of benzene rings is 1. The van der Waals surface area contributed by atoms with E-state index in [-0.39, 0.29) is 5.91 Å². The van der Waals surface area contributed by atoms with Crippen LogP contribution in [0.1, 0.15) is 27.7 Å². The van der Waals surface area contributed by atoms with Crippen molar-refractivity contribution in [1.29, 1.82) is 0 Å². The second kappa shape index (κ2) is 6.08. The number of carbonyl (C=O) groups is 1. The molecule has 0 aliphatic carbocycles. The number of ether oxygens (including phenoxy) is 1. The van der Waals surface area contributed by atoms with E-state index in [1.807, 2.05) is 0 Å². The van der Waals surface area contributed by atoms with Crippen LogP contribution in [0.5, 0.6) is 0 Å². The minimum atomic E-state index is -4.36. The molecule has 1 N–H and O–H groups in total. The van der Waals surface area contributed by atoms with Crippen molar-refractivity contribution in [2.45, 2.75) is 12.3 Å². The number of carbonyl (C=O) groups excluding carboxylic acids is 1. The van der Waals surface area contributed by atoms with Gasteiger partial charge in [-0.15, -0.1) is 0 Å². The zero-order chi connectivity index (χ0) is 16.4. The van der Waals surface area contributed by atoms with E-state index in [1.54, 1.807) is 23.2 Å². The Morgan fingerprint density at radius 3 is 2.57 bits per heavy atom. The molecule has 122 valence electrons. The molecule has 1 fully saturated rings. The van der Waals surface area contributed by atoms with Gasteiger partial charge in [0.2, 0.25) is 0 Å². The molecule has 1 aromatic carbocycles. The molecule has 4 nitrogen and oxygen atoms in total. The van der Waals surface area contributed by atoms with Gasteiger partial charge < -0.3 is 14.6 Å². The van der Waals surface area contributed by atoms with Crippen LogP contribution in [-0.2, 0) is 10.9 Å². The zero-order valence-corrected chi connectivity index (χ0v) is 12.1. The molecule has 1 amide bonds. The highest BCUT2D eigenvalue weighted by molar-refractivity contribution is 5.92. The third-order valence-electron chi connectivity index (χ3n) is 3.79. The van der Waals surface area contributed by atoms with Crippen molar-refractivity contribution in [3.63, 3.8) is 0 Å². The first kappa shape index (κ1) is 15.6. The maximum Gasteiger partial charge on any atom is 0.416 e. The average molecular weight is 324 g/mol. The number of morpholine rings is 1. The molecule has 1 aliphatic heterocycles. The Morgan fingerprint density at radius 2 is 1.96 bits per heavy atom. The summed E-state index contributed by atoms with van der Waals surface area (Å²) in [6.07, 6.45) is -3.12. The van der Waals surface area contributed by atoms with E-state index in [9.17, 15) is 18.0 Å². The highest BCUT2D eigenvalue weighted by Gasteiger charge is 2.31. The van der Waals surface area contributed by atoms with Crippen molar-refractivity contribution in [3.05, 3.63) is 59.4 Å². The molecule has 0 saturated carbocycles. The fraction of sp³-hybridized carbons (Fsp3) is 0.312. The summed E-state index contributed by atoms with van der Waals surface area (Å²) in [6.45, 7) is 1.11. The van der Waals surface area contributed by atoms with Crippen LogP contribution in [0.4, 0.5) is 13.2 Å². The van der Waals surface area contributed by atoms with E-state index in [4.69, 9.17) is 4.74 Å². The average Bonchev–Trinajstić information content (AvgIpc) is 3.08. The van der Waals surface area contributed by atoms with Crippen molar-refractivity contribution in [3.8, 4) is 0 Å². The molecule has 1 aliphatic rings. The summed E-state index contributed by atoms with van der Waals surface area (Å²) in [5.41, 5.74) is 0.413. The second-order valence-corrected chi connectivity index (χ2v) is 5.31. The topological polar surface area (TPSA) is 45.3 Å². The van der Waals surface area contributed by atoms with Crippen molar-refractivity contribution in [1.82, 2.24) is 9.88 Å². The Kier molecular flexibility index (Phi) is 4.12. The Balaban J connectivity index is 1.72. The second-order valence-electron chi connectivity index (χ2n) is 5.31. The van der Waals surface area contributed by atoms with E-state index < -0.39 is 17.8 Å². The molecule has 7 heteroatoms. The molecule has 1 atom stereocenters. The summed E-state index contributed by atoms with van der Waals surface area (Å²) in [7, 11) is 0. The fourth-order valence-corrected chi connectivity index (χ4v) is 2.56. The third kappa shape index (κ3) is 3.39. The first-order valence-electron chi connectivity index (χ1n) is 7.16. The molecular weight excluding hydrogens is 309 g/mol. The van der Waals surface area contributed by atoms with Gasteiger partial charge in [0.15, 0.2) is 0 Å². The molecule has 0 spiro atoms. The van der Waals surface area contributed by atoms with Gasteiger partial charge in [-0.05, 0) is 29.8 Å². The summed E-state index contributed by atoms with van der Waals surface area (Å²) >= 11 is 0. The normalized spacial score (nSPS) is 18.9. The van der Waals surface area contributed by atoms with Gasteiger partial charge in [-0.1, -0.05) is 12.1 Å². The maximum absolute atomic E-state index is 12.6. The van der Waals surface area contributed by atoms with Gasteiger partial charge >= 0.3 is 6.18 Å². The number of halogens is 3. The number of nitrogens with one attached hydrogen (secondary N) is 1. The Labute approximate surface area is 130 Å². The van der Waals surface area contributed by atoms with Crippen LogP contribution in [0.2, 0.25) is 0 Å². The summed E-state index contributed by atoms with van der Waals surface area (Å²) in [5, 5.41) is 0. The van der Waals surface area contributed by atoms with Crippen LogP contribution in [-0.4, -0.2) is 35.5 Å². The molecule has 2 aromatic rings. The molecule has 1 unspecified atom stereocenters. The molecule has 3 rings (SSSR count). The maximum atomic E-state index is 12.6. The van der Waals surface area contributed by atoms with Gasteiger partial charge in [0.25, 0.3) is 5.91 Å². The molecule has 2 heterocycles. The lowest BCUT2D eigenvalue weighted by Crippen LogP contribution is -2.42. The van der Waals surface area contributed by atoms with Gasteiger partial charge in [-0.25, -0.2) is 0 Å². The van der Waals surface area contributed by atoms with Gasteiger partial charge in [-0.3, -0.25) is 4.79 Å². The van der Waals surface area contributed by atoms with Gasteiger partial charge in [-0.2, -0.15) is 13.2 Å². The molecule has 1 saturated heterocycles. The third-order valence-corrected chi connectivity index (χ3v) is 3.79. The van der Waals surface area contributed by atoms with Crippen molar-refractivity contribution in [2.75, 3.05) is 19.7 Å². The molecule has 1 aromatic heterocycles. The molecule has 0 radical (unpaired) electrons. The number of H-pyrrole nitrogens is 1. The Morgan fingerprint density at radius 1 is 1.22 bits per heavy atom. The fourth-order valence-electron chi connectivity index (χ4n) is 2.56. The number of aromatic amines is 1. The predicted molar refractivity (Wildman–Crippen MR) is 76.8 cm³/mol. The van der Waals surface area contributed by atoms with Gasteiger partial charge in [0.1, 0.15) is 11.8 Å². The van der Waals surface area contributed by atoms with E-state index in [2.05, 4.69) is 4.98 Å².